The monoisotopic (exact) mass is 522 g/mol. The largest absolute Gasteiger partial charge is 0.457 e. The minimum Gasteiger partial charge on any atom is -0.457 e. The number of carbonyl (C=O) groups is 2. The standard InChI is InChI=1S/C32H34N4O3/c33-19-5-4-10-30-31(37)34-29(22-24-11-15-26(16-12-24)35-20-6-7-21-35)32(38)36(30)23-25-13-17-28(18-14-25)39-27-8-2-1-3-9-27/h1-3,6-9,11-18,20-21,29-30H,4-5,10,19,22-23,33H2,(H,34,37)/t29-,30-/m0/s1. The third kappa shape index (κ3) is 6.56. The Labute approximate surface area is 229 Å². The fraction of sp³-hybridized carbons (Fsp3) is 0.250. The molecule has 0 aliphatic carbocycles. The maximum absolute atomic E-state index is 13.7. The molecular weight excluding hydrogens is 488 g/mol. The van der Waals surface area contributed by atoms with Crippen LogP contribution in [0.1, 0.15) is 30.4 Å². The summed E-state index contributed by atoms with van der Waals surface area (Å²) >= 11 is 0. The molecule has 0 radical (unpaired) electrons. The smallest absolute Gasteiger partial charge is 0.246 e. The maximum Gasteiger partial charge on any atom is 0.246 e. The molecule has 2 amide bonds. The second kappa shape index (κ2) is 12.5. The molecule has 1 aliphatic heterocycles. The molecule has 1 saturated heterocycles. The molecule has 2 heterocycles. The summed E-state index contributed by atoms with van der Waals surface area (Å²) in [6.07, 6.45) is 6.60. The Hall–Kier alpha value is -4.36. The van der Waals surface area contributed by atoms with Gasteiger partial charge in [0.15, 0.2) is 0 Å². The lowest BCUT2D eigenvalue weighted by Gasteiger charge is -2.39. The number of amides is 2. The molecule has 1 aromatic heterocycles. The van der Waals surface area contributed by atoms with E-state index in [2.05, 4.69) is 5.32 Å². The predicted molar refractivity (Wildman–Crippen MR) is 152 cm³/mol. The van der Waals surface area contributed by atoms with E-state index in [9.17, 15) is 9.59 Å². The zero-order valence-electron chi connectivity index (χ0n) is 21.9. The Kier molecular flexibility index (Phi) is 8.39. The first-order chi connectivity index (χ1) is 19.1. The summed E-state index contributed by atoms with van der Waals surface area (Å²) in [6.45, 7) is 0.918. The van der Waals surface area contributed by atoms with Gasteiger partial charge in [0.05, 0.1) is 0 Å². The van der Waals surface area contributed by atoms with Crippen LogP contribution in [0.4, 0.5) is 0 Å². The van der Waals surface area contributed by atoms with Crippen molar-refractivity contribution in [2.75, 3.05) is 6.54 Å². The second-order valence-corrected chi connectivity index (χ2v) is 9.85. The van der Waals surface area contributed by atoms with Crippen LogP contribution in [0, 0.1) is 0 Å². The van der Waals surface area contributed by atoms with Crippen LogP contribution in [0.2, 0.25) is 0 Å². The number of para-hydroxylation sites is 1. The van der Waals surface area contributed by atoms with Crippen LogP contribution < -0.4 is 15.8 Å². The lowest BCUT2D eigenvalue weighted by atomic mass is 9.96. The molecule has 0 spiro atoms. The molecule has 0 bridgehead atoms. The number of aromatic nitrogens is 1. The molecule has 3 N–H and O–H groups in total. The number of nitrogens with two attached hydrogens (primary N) is 1. The van der Waals surface area contributed by atoms with Gasteiger partial charge in [0, 0.05) is 31.0 Å². The molecule has 39 heavy (non-hydrogen) atoms. The lowest BCUT2D eigenvalue weighted by molar-refractivity contribution is -0.150. The van der Waals surface area contributed by atoms with Crippen LogP contribution in [-0.4, -0.2) is 39.9 Å². The molecule has 200 valence electrons. The van der Waals surface area contributed by atoms with Gasteiger partial charge in [-0.1, -0.05) is 42.5 Å². The van der Waals surface area contributed by atoms with Crippen molar-refractivity contribution in [3.8, 4) is 17.2 Å². The van der Waals surface area contributed by atoms with Crippen molar-refractivity contribution in [2.24, 2.45) is 5.73 Å². The number of unbranched alkanes of at least 4 members (excludes halogenated alkanes) is 1. The van der Waals surface area contributed by atoms with E-state index >= 15 is 0 Å². The number of rotatable bonds is 11. The Balaban J connectivity index is 1.30. The fourth-order valence-corrected chi connectivity index (χ4v) is 4.95. The third-order valence-electron chi connectivity index (χ3n) is 7.04. The Morgan fingerprint density at radius 1 is 0.769 bits per heavy atom. The van der Waals surface area contributed by atoms with E-state index in [0.717, 1.165) is 35.4 Å². The van der Waals surface area contributed by atoms with Crippen molar-refractivity contribution in [1.29, 1.82) is 0 Å². The number of piperazine rings is 1. The average Bonchev–Trinajstić information content (AvgIpc) is 3.50. The fourth-order valence-electron chi connectivity index (χ4n) is 4.95. The number of nitrogens with zero attached hydrogens (tertiary/aromatic N) is 2. The number of benzene rings is 3. The summed E-state index contributed by atoms with van der Waals surface area (Å²) in [5.41, 5.74) is 8.67. The van der Waals surface area contributed by atoms with E-state index in [1.807, 2.05) is 108 Å². The number of ether oxygens (including phenoxy) is 1. The quantitative estimate of drug-likeness (QED) is 0.276. The van der Waals surface area contributed by atoms with Gasteiger partial charge in [0.2, 0.25) is 11.8 Å². The summed E-state index contributed by atoms with van der Waals surface area (Å²) in [5.74, 6) is 1.31. The van der Waals surface area contributed by atoms with Gasteiger partial charge in [0.25, 0.3) is 0 Å². The number of carbonyl (C=O) groups excluding carboxylic acids is 2. The summed E-state index contributed by atoms with van der Waals surface area (Å²) in [6, 6.07) is 28.2. The predicted octanol–water partition coefficient (Wildman–Crippen LogP) is 4.84. The first kappa shape index (κ1) is 26.3. The summed E-state index contributed by atoms with van der Waals surface area (Å²) in [7, 11) is 0. The van der Waals surface area contributed by atoms with Crippen molar-refractivity contribution in [3.63, 3.8) is 0 Å². The van der Waals surface area contributed by atoms with Gasteiger partial charge < -0.3 is 25.3 Å². The van der Waals surface area contributed by atoms with Crippen LogP contribution in [0.3, 0.4) is 0 Å². The molecule has 3 aromatic carbocycles. The summed E-state index contributed by atoms with van der Waals surface area (Å²) in [5, 5.41) is 3.00. The van der Waals surface area contributed by atoms with Gasteiger partial charge in [-0.15, -0.1) is 0 Å². The van der Waals surface area contributed by atoms with Crippen molar-refractivity contribution >= 4 is 11.8 Å². The van der Waals surface area contributed by atoms with Gasteiger partial charge in [-0.3, -0.25) is 9.59 Å². The highest BCUT2D eigenvalue weighted by molar-refractivity contribution is 5.97. The van der Waals surface area contributed by atoms with E-state index in [0.29, 0.717) is 31.7 Å². The van der Waals surface area contributed by atoms with Gasteiger partial charge >= 0.3 is 0 Å². The zero-order valence-corrected chi connectivity index (χ0v) is 21.9. The van der Waals surface area contributed by atoms with E-state index in [1.54, 1.807) is 4.90 Å². The minimum absolute atomic E-state index is 0.0635. The van der Waals surface area contributed by atoms with Gasteiger partial charge in [0.1, 0.15) is 23.6 Å². The Bertz CT molecular complexity index is 1350. The Morgan fingerprint density at radius 2 is 1.44 bits per heavy atom. The van der Waals surface area contributed by atoms with Gasteiger partial charge in [-0.05, 0) is 85.5 Å². The molecule has 5 rings (SSSR count). The van der Waals surface area contributed by atoms with Crippen LogP contribution in [0.25, 0.3) is 5.69 Å². The van der Waals surface area contributed by atoms with E-state index in [-0.39, 0.29) is 11.8 Å². The van der Waals surface area contributed by atoms with Gasteiger partial charge in [-0.2, -0.15) is 0 Å². The molecule has 1 fully saturated rings. The van der Waals surface area contributed by atoms with E-state index < -0.39 is 12.1 Å². The lowest BCUT2D eigenvalue weighted by Crippen LogP contribution is -2.63. The van der Waals surface area contributed by atoms with Crippen LogP contribution >= 0.6 is 0 Å². The molecule has 2 atom stereocenters. The zero-order chi connectivity index (χ0) is 27.0. The molecule has 0 saturated carbocycles. The molecule has 0 unspecified atom stereocenters. The highest BCUT2D eigenvalue weighted by Crippen LogP contribution is 2.24. The average molecular weight is 523 g/mol. The molecule has 7 heteroatoms. The minimum atomic E-state index is -0.610. The van der Waals surface area contributed by atoms with Crippen LogP contribution in [0.5, 0.6) is 11.5 Å². The molecular formula is C32H34N4O3. The van der Waals surface area contributed by atoms with E-state index in [1.165, 1.54) is 0 Å². The first-order valence-corrected chi connectivity index (χ1v) is 13.5. The number of hydrogen-bond donors (Lipinski definition) is 2. The maximum atomic E-state index is 13.7. The van der Waals surface area contributed by atoms with Crippen molar-refractivity contribution in [3.05, 3.63) is 115 Å². The highest BCUT2D eigenvalue weighted by atomic mass is 16.5. The molecule has 1 aliphatic rings. The number of nitrogens with one attached hydrogen (secondary N) is 1. The number of hydrogen-bond acceptors (Lipinski definition) is 4. The van der Waals surface area contributed by atoms with Crippen LogP contribution in [0.15, 0.2) is 103 Å². The van der Waals surface area contributed by atoms with Crippen molar-refractivity contribution in [2.45, 2.75) is 44.3 Å². The molecule has 7 nitrogen and oxygen atoms in total. The third-order valence-corrected chi connectivity index (χ3v) is 7.04. The van der Waals surface area contributed by atoms with Gasteiger partial charge in [-0.25, -0.2) is 0 Å². The van der Waals surface area contributed by atoms with Crippen molar-refractivity contribution < 1.29 is 14.3 Å². The van der Waals surface area contributed by atoms with E-state index in [4.69, 9.17) is 10.5 Å². The second-order valence-electron chi connectivity index (χ2n) is 9.85. The Morgan fingerprint density at radius 3 is 2.13 bits per heavy atom. The SMILES string of the molecule is NCCCC[C@H]1C(=O)N[C@@H](Cc2ccc(-n3cccc3)cc2)C(=O)N1Cc1ccc(Oc2ccccc2)cc1. The molecule has 4 aromatic rings. The van der Waals surface area contributed by atoms with Crippen molar-refractivity contribution in [1.82, 2.24) is 14.8 Å². The van der Waals surface area contributed by atoms with Crippen LogP contribution in [-0.2, 0) is 22.6 Å². The normalized spacial score (nSPS) is 17.2. The topological polar surface area (TPSA) is 89.6 Å². The summed E-state index contributed by atoms with van der Waals surface area (Å²) < 4.78 is 7.93. The first-order valence-electron chi connectivity index (χ1n) is 13.5. The summed E-state index contributed by atoms with van der Waals surface area (Å²) in [4.78, 5) is 28.7. The highest BCUT2D eigenvalue weighted by Gasteiger charge is 2.40.